The first kappa shape index (κ1) is 10.9. The van der Waals surface area contributed by atoms with Crippen molar-refractivity contribution in [2.24, 2.45) is 0 Å². The molecule has 3 aromatic rings. The van der Waals surface area contributed by atoms with E-state index in [9.17, 15) is 4.79 Å². The summed E-state index contributed by atoms with van der Waals surface area (Å²) in [5.41, 5.74) is 2.17. The molecule has 0 spiro atoms. The van der Waals surface area contributed by atoms with Crippen LogP contribution in [0.1, 0.15) is 29.5 Å². The van der Waals surface area contributed by atoms with Crippen LogP contribution < -0.4 is 5.56 Å². The predicted molar refractivity (Wildman–Crippen MR) is 73.7 cm³/mol. The van der Waals surface area contributed by atoms with Crippen LogP contribution in [0.2, 0.25) is 0 Å². The van der Waals surface area contributed by atoms with E-state index in [1.807, 2.05) is 17.6 Å². The minimum Gasteiger partial charge on any atom is -0.269 e. The summed E-state index contributed by atoms with van der Waals surface area (Å²) in [4.78, 5) is 21.5. The van der Waals surface area contributed by atoms with Crippen molar-refractivity contribution in [1.29, 1.82) is 0 Å². The Hall–Kier alpha value is -2.01. The zero-order valence-electron chi connectivity index (χ0n) is 10.1. The van der Waals surface area contributed by atoms with Crippen molar-refractivity contribution in [2.75, 3.05) is 0 Å². The molecule has 0 radical (unpaired) electrons. The van der Waals surface area contributed by atoms with E-state index >= 15 is 0 Å². The van der Waals surface area contributed by atoms with Gasteiger partial charge in [-0.3, -0.25) is 14.2 Å². The van der Waals surface area contributed by atoms with Crippen LogP contribution in [0.3, 0.4) is 0 Å². The molecule has 1 saturated carbocycles. The van der Waals surface area contributed by atoms with Crippen molar-refractivity contribution in [3.63, 3.8) is 0 Å². The number of aromatic nitrogens is 3. The van der Waals surface area contributed by atoms with E-state index in [0.717, 1.165) is 17.1 Å². The lowest BCUT2D eigenvalue weighted by atomic mass is 10.1. The van der Waals surface area contributed by atoms with Gasteiger partial charge in [0.05, 0.1) is 5.69 Å². The third-order valence-electron chi connectivity index (χ3n) is 3.61. The molecule has 3 aromatic heterocycles. The van der Waals surface area contributed by atoms with E-state index < -0.39 is 0 Å². The molecule has 19 heavy (non-hydrogen) atoms. The number of fused-ring (bicyclic) bond motifs is 1. The molecule has 0 unspecified atom stereocenters. The second kappa shape index (κ2) is 3.99. The zero-order chi connectivity index (χ0) is 12.8. The molecule has 1 fully saturated rings. The summed E-state index contributed by atoms with van der Waals surface area (Å²) in [6.45, 7) is 0. The number of pyridine rings is 1. The molecule has 0 aromatic carbocycles. The highest BCUT2D eigenvalue weighted by Crippen LogP contribution is 2.53. The fourth-order valence-corrected chi connectivity index (χ4v) is 3.26. The Bertz CT molecular complexity index is 793. The Labute approximate surface area is 113 Å². The summed E-state index contributed by atoms with van der Waals surface area (Å²) in [6.07, 6.45) is 6.51. The maximum atomic E-state index is 12.0. The van der Waals surface area contributed by atoms with Crippen LogP contribution in [0.4, 0.5) is 0 Å². The van der Waals surface area contributed by atoms with E-state index in [2.05, 4.69) is 16.0 Å². The Kier molecular flexibility index (Phi) is 2.29. The van der Waals surface area contributed by atoms with Gasteiger partial charge in [0.1, 0.15) is 0 Å². The first-order chi connectivity index (χ1) is 9.33. The number of nitrogens with zero attached hydrogens (tertiary/aromatic N) is 3. The summed E-state index contributed by atoms with van der Waals surface area (Å²) in [5.74, 6) is 0.826. The minimum absolute atomic E-state index is 0.0121. The first-order valence-electron chi connectivity index (χ1n) is 6.19. The van der Waals surface area contributed by atoms with Gasteiger partial charge >= 0.3 is 0 Å². The van der Waals surface area contributed by atoms with Crippen molar-refractivity contribution in [3.8, 4) is 0 Å². The van der Waals surface area contributed by atoms with Crippen molar-refractivity contribution < 1.29 is 0 Å². The Morgan fingerprint density at radius 1 is 1.37 bits per heavy atom. The predicted octanol–water partition coefficient (Wildman–Crippen LogP) is 2.42. The largest absolute Gasteiger partial charge is 0.269 e. The fourth-order valence-electron chi connectivity index (χ4n) is 2.53. The molecule has 1 aliphatic rings. The van der Waals surface area contributed by atoms with E-state index in [0.29, 0.717) is 11.8 Å². The van der Waals surface area contributed by atoms with Gasteiger partial charge in [-0.05, 0) is 24.0 Å². The summed E-state index contributed by atoms with van der Waals surface area (Å²) < 4.78 is 1.59. The van der Waals surface area contributed by atoms with Gasteiger partial charge in [0.25, 0.3) is 5.56 Å². The summed E-state index contributed by atoms with van der Waals surface area (Å²) in [6, 6.07) is 5.71. The number of thiazole rings is 1. The normalized spacial score (nSPS) is 21.7. The van der Waals surface area contributed by atoms with Gasteiger partial charge in [-0.1, -0.05) is 6.07 Å². The zero-order valence-corrected chi connectivity index (χ0v) is 10.9. The molecule has 1 aliphatic carbocycles. The summed E-state index contributed by atoms with van der Waals surface area (Å²) in [7, 11) is 0. The number of hydrogen-bond acceptors (Lipinski definition) is 4. The smallest absolute Gasteiger partial charge is 0.258 e. The molecular formula is C14H11N3OS. The second-order valence-corrected chi connectivity index (χ2v) is 5.68. The van der Waals surface area contributed by atoms with Gasteiger partial charge in [-0.25, -0.2) is 4.98 Å². The van der Waals surface area contributed by atoms with Gasteiger partial charge < -0.3 is 0 Å². The topological polar surface area (TPSA) is 47.3 Å². The Morgan fingerprint density at radius 2 is 2.32 bits per heavy atom. The van der Waals surface area contributed by atoms with Crippen molar-refractivity contribution in [3.05, 3.63) is 63.8 Å². The first-order valence-corrected chi connectivity index (χ1v) is 7.07. The molecule has 94 valence electrons. The molecule has 3 heterocycles. The maximum absolute atomic E-state index is 12.0. The van der Waals surface area contributed by atoms with Gasteiger partial charge in [-0.15, -0.1) is 11.3 Å². The lowest BCUT2D eigenvalue weighted by Gasteiger charge is -2.00. The molecule has 0 aliphatic heterocycles. The number of hydrogen-bond donors (Lipinski definition) is 0. The maximum Gasteiger partial charge on any atom is 0.258 e. The monoisotopic (exact) mass is 269 g/mol. The molecule has 5 heteroatoms. The van der Waals surface area contributed by atoms with Crippen molar-refractivity contribution in [1.82, 2.24) is 14.4 Å². The highest BCUT2D eigenvalue weighted by molar-refractivity contribution is 7.15. The van der Waals surface area contributed by atoms with E-state index in [1.54, 1.807) is 22.9 Å². The molecule has 4 rings (SSSR count). The van der Waals surface area contributed by atoms with E-state index in [1.165, 1.54) is 16.9 Å². The molecular weight excluding hydrogens is 258 g/mol. The molecule has 0 bridgehead atoms. The lowest BCUT2D eigenvalue weighted by molar-refractivity contribution is 0.936. The fraction of sp³-hybridized carbons (Fsp3) is 0.214. The van der Waals surface area contributed by atoms with Crippen LogP contribution in [-0.2, 0) is 0 Å². The third-order valence-corrected chi connectivity index (χ3v) is 4.36. The average molecular weight is 269 g/mol. The number of rotatable bonds is 2. The van der Waals surface area contributed by atoms with Gasteiger partial charge in [0.15, 0.2) is 4.96 Å². The third kappa shape index (κ3) is 1.77. The Balaban J connectivity index is 1.72. The van der Waals surface area contributed by atoms with Crippen LogP contribution in [-0.4, -0.2) is 14.4 Å². The van der Waals surface area contributed by atoms with Gasteiger partial charge in [0, 0.05) is 36.0 Å². The van der Waals surface area contributed by atoms with Crippen molar-refractivity contribution in [2.45, 2.75) is 18.3 Å². The highest BCUT2D eigenvalue weighted by Gasteiger charge is 2.41. The summed E-state index contributed by atoms with van der Waals surface area (Å²) >= 11 is 1.50. The standard InChI is InChI=1S/C14H11N3OS/c18-13-7-12(16-14-17(13)4-5-19-14)11-6-10(11)9-2-1-3-15-8-9/h1-5,7-8,10-11H,6H2/t10-,11+/m0/s1. The molecule has 0 amide bonds. The molecule has 0 N–H and O–H groups in total. The van der Waals surface area contributed by atoms with Crippen LogP contribution in [0.5, 0.6) is 0 Å². The van der Waals surface area contributed by atoms with Crippen molar-refractivity contribution >= 4 is 16.3 Å². The van der Waals surface area contributed by atoms with Gasteiger partial charge in [-0.2, -0.15) is 0 Å². The molecule has 0 saturated heterocycles. The van der Waals surface area contributed by atoms with Crippen LogP contribution in [0, 0.1) is 0 Å². The van der Waals surface area contributed by atoms with Crippen LogP contribution in [0.25, 0.3) is 4.96 Å². The minimum atomic E-state index is 0.0121. The molecule has 2 atom stereocenters. The van der Waals surface area contributed by atoms with E-state index in [-0.39, 0.29) is 5.56 Å². The quantitative estimate of drug-likeness (QED) is 0.718. The summed E-state index contributed by atoms with van der Waals surface area (Å²) in [5, 5.41) is 1.89. The second-order valence-electron chi connectivity index (χ2n) is 4.81. The van der Waals surface area contributed by atoms with Crippen LogP contribution >= 0.6 is 11.3 Å². The highest BCUT2D eigenvalue weighted by atomic mass is 32.1. The lowest BCUT2D eigenvalue weighted by Crippen LogP contribution is -2.12. The van der Waals surface area contributed by atoms with Crippen LogP contribution in [0.15, 0.2) is 47.0 Å². The van der Waals surface area contributed by atoms with E-state index in [4.69, 9.17) is 0 Å². The Morgan fingerprint density at radius 3 is 3.16 bits per heavy atom. The SMILES string of the molecule is O=c1cc([C@@H]2C[C@H]2c2cccnc2)nc2sccn12. The molecule has 4 nitrogen and oxygen atoms in total. The average Bonchev–Trinajstić information content (AvgIpc) is 3.10. The van der Waals surface area contributed by atoms with Gasteiger partial charge in [0.2, 0.25) is 0 Å².